The van der Waals surface area contributed by atoms with Gasteiger partial charge >= 0.3 is 0 Å². The smallest absolute Gasteiger partial charge is 0.227 e. The third-order valence-corrected chi connectivity index (χ3v) is 5.04. The van der Waals surface area contributed by atoms with E-state index in [2.05, 4.69) is 47.4 Å². The Morgan fingerprint density at radius 1 is 1.17 bits per heavy atom. The summed E-state index contributed by atoms with van der Waals surface area (Å²) < 4.78 is 0. The van der Waals surface area contributed by atoms with Gasteiger partial charge in [0, 0.05) is 25.0 Å². The first kappa shape index (κ1) is 18.8. The standard InChI is InChI=1S/C20H26N2O.ClH/c1-15(13-21)20(23)22(18-10-3-4-11-18)14-17-9-6-8-16-7-2-5-12-19(16)17;/h2,5-9,12,15,18H,3-4,10-11,13-14,21H2,1H3;1H. The fourth-order valence-electron chi connectivity index (χ4n) is 3.60. The zero-order valence-electron chi connectivity index (χ0n) is 14.3. The largest absolute Gasteiger partial charge is 0.335 e. The molecule has 0 saturated heterocycles. The summed E-state index contributed by atoms with van der Waals surface area (Å²) in [5.74, 6) is 0.0953. The van der Waals surface area contributed by atoms with Gasteiger partial charge in [-0.1, -0.05) is 62.2 Å². The molecular weight excluding hydrogens is 320 g/mol. The van der Waals surface area contributed by atoms with Gasteiger partial charge in [0.15, 0.2) is 0 Å². The third kappa shape index (κ3) is 3.90. The Bertz CT molecular complexity index is 677. The van der Waals surface area contributed by atoms with Crippen molar-refractivity contribution >= 4 is 29.1 Å². The maximum Gasteiger partial charge on any atom is 0.227 e. The number of benzene rings is 2. The van der Waals surface area contributed by atoms with Gasteiger partial charge in [0.2, 0.25) is 5.91 Å². The van der Waals surface area contributed by atoms with Gasteiger partial charge in [-0.25, -0.2) is 0 Å². The molecule has 0 spiro atoms. The molecule has 130 valence electrons. The molecule has 1 fully saturated rings. The van der Waals surface area contributed by atoms with Gasteiger partial charge in [-0.3, -0.25) is 4.79 Å². The van der Waals surface area contributed by atoms with Crippen molar-refractivity contribution in [2.45, 2.75) is 45.2 Å². The lowest BCUT2D eigenvalue weighted by atomic mass is 10.0. The number of fused-ring (bicyclic) bond motifs is 1. The first-order valence-electron chi connectivity index (χ1n) is 8.68. The van der Waals surface area contributed by atoms with Gasteiger partial charge in [-0.15, -0.1) is 12.4 Å². The molecule has 3 nitrogen and oxygen atoms in total. The molecule has 3 rings (SSSR count). The van der Waals surface area contributed by atoms with Crippen LogP contribution in [0.1, 0.15) is 38.2 Å². The Hall–Kier alpha value is -1.58. The van der Waals surface area contributed by atoms with Crippen molar-refractivity contribution in [1.82, 2.24) is 4.90 Å². The van der Waals surface area contributed by atoms with E-state index in [0.717, 1.165) is 12.8 Å². The van der Waals surface area contributed by atoms with Crippen LogP contribution in [0, 0.1) is 5.92 Å². The Balaban J connectivity index is 0.00000208. The molecule has 2 N–H and O–H groups in total. The van der Waals surface area contributed by atoms with Crippen LogP contribution in [-0.4, -0.2) is 23.4 Å². The number of hydrogen-bond acceptors (Lipinski definition) is 2. The molecule has 4 heteroatoms. The van der Waals surface area contributed by atoms with E-state index in [9.17, 15) is 4.79 Å². The van der Waals surface area contributed by atoms with Crippen LogP contribution in [0.4, 0.5) is 0 Å². The van der Waals surface area contributed by atoms with E-state index in [4.69, 9.17) is 5.73 Å². The summed E-state index contributed by atoms with van der Waals surface area (Å²) in [6.07, 6.45) is 4.68. The molecule has 1 aliphatic carbocycles. The average molecular weight is 347 g/mol. The molecule has 0 heterocycles. The molecule has 0 bridgehead atoms. The third-order valence-electron chi connectivity index (χ3n) is 5.04. The molecule has 1 amide bonds. The molecule has 0 aliphatic heterocycles. The topological polar surface area (TPSA) is 46.3 Å². The molecule has 0 aromatic heterocycles. The number of halogens is 1. The van der Waals surface area contributed by atoms with E-state index in [0.29, 0.717) is 19.1 Å². The summed E-state index contributed by atoms with van der Waals surface area (Å²) >= 11 is 0. The molecule has 1 unspecified atom stereocenters. The van der Waals surface area contributed by atoms with Crippen molar-refractivity contribution in [3.8, 4) is 0 Å². The number of hydrogen-bond donors (Lipinski definition) is 1. The normalized spacial score (nSPS) is 15.9. The van der Waals surface area contributed by atoms with Crippen LogP contribution in [0.25, 0.3) is 10.8 Å². The first-order valence-corrected chi connectivity index (χ1v) is 8.68. The maximum absolute atomic E-state index is 12.8. The van der Waals surface area contributed by atoms with Crippen LogP contribution in [0.15, 0.2) is 42.5 Å². The summed E-state index contributed by atoms with van der Waals surface area (Å²) in [5, 5.41) is 2.47. The van der Waals surface area contributed by atoms with Gasteiger partial charge in [0.05, 0.1) is 0 Å². The van der Waals surface area contributed by atoms with E-state index in [1.54, 1.807) is 0 Å². The summed E-state index contributed by atoms with van der Waals surface area (Å²) in [6, 6.07) is 15.1. The van der Waals surface area contributed by atoms with Gasteiger partial charge in [-0.05, 0) is 29.2 Å². The molecule has 2 aromatic rings. The Labute approximate surface area is 150 Å². The van der Waals surface area contributed by atoms with Crippen LogP contribution in [0.3, 0.4) is 0 Å². The summed E-state index contributed by atoms with van der Waals surface area (Å²) in [4.78, 5) is 14.9. The molecular formula is C20H27ClN2O. The quantitative estimate of drug-likeness (QED) is 0.884. The summed E-state index contributed by atoms with van der Waals surface area (Å²) in [5.41, 5.74) is 6.98. The van der Waals surface area contributed by atoms with E-state index < -0.39 is 0 Å². The van der Waals surface area contributed by atoms with Crippen molar-refractivity contribution < 1.29 is 4.79 Å². The molecule has 24 heavy (non-hydrogen) atoms. The zero-order chi connectivity index (χ0) is 16.2. The molecule has 0 radical (unpaired) electrons. The van der Waals surface area contributed by atoms with Crippen molar-refractivity contribution in [3.05, 3.63) is 48.0 Å². The highest BCUT2D eigenvalue weighted by Crippen LogP contribution is 2.28. The predicted molar refractivity (Wildman–Crippen MR) is 102 cm³/mol. The number of nitrogens with two attached hydrogens (primary N) is 1. The molecule has 1 aliphatic rings. The highest BCUT2D eigenvalue weighted by atomic mass is 35.5. The SMILES string of the molecule is CC(CN)C(=O)N(Cc1cccc2ccccc12)C1CCCC1.Cl. The fourth-order valence-corrected chi connectivity index (χ4v) is 3.60. The maximum atomic E-state index is 12.8. The monoisotopic (exact) mass is 346 g/mol. The minimum absolute atomic E-state index is 0. The zero-order valence-corrected chi connectivity index (χ0v) is 15.1. The lowest BCUT2D eigenvalue weighted by Gasteiger charge is -2.31. The van der Waals surface area contributed by atoms with Crippen LogP contribution in [0.5, 0.6) is 0 Å². The molecule has 2 aromatic carbocycles. The Morgan fingerprint density at radius 3 is 2.54 bits per heavy atom. The number of carbonyl (C=O) groups excluding carboxylic acids is 1. The minimum Gasteiger partial charge on any atom is -0.335 e. The lowest BCUT2D eigenvalue weighted by Crippen LogP contribution is -2.43. The fraction of sp³-hybridized carbons (Fsp3) is 0.450. The molecule has 1 atom stereocenters. The summed E-state index contributed by atoms with van der Waals surface area (Å²) in [6.45, 7) is 3.04. The van der Waals surface area contributed by atoms with E-state index in [1.165, 1.54) is 29.2 Å². The lowest BCUT2D eigenvalue weighted by molar-refractivity contribution is -0.137. The van der Waals surface area contributed by atoms with Gasteiger partial charge in [0.1, 0.15) is 0 Å². The van der Waals surface area contributed by atoms with Gasteiger partial charge < -0.3 is 10.6 Å². The minimum atomic E-state index is -0.106. The molecule has 1 saturated carbocycles. The number of nitrogens with zero attached hydrogens (tertiary/aromatic N) is 1. The number of carbonyl (C=O) groups is 1. The second kappa shape index (κ2) is 8.50. The van der Waals surface area contributed by atoms with Crippen molar-refractivity contribution in [2.75, 3.05) is 6.54 Å². The highest BCUT2D eigenvalue weighted by molar-refractivity contribution is 5.86. The average Bonchev–Trinajstić information content (AvgIpc) is 3.12. The Morgan fingerprint density at radius 2 is 1.83 bits per heavy atom. The van der Waals surface area contributed by atoms with Crippen molar-refractivity contribution in [3.63, 3.8) is 0 Å². The Kier molecular flexibility index (Phi) is 6.64. The van der Waals surface area contributed by atoms with Crippen LogP contribution in [-0.2, 0) is 11.3 Å². The number of amides is 1. The van der Waals surface area contributed by atoms with Crippen LogP contribution < -0.4 is 5.73 Å². The second-order valence-electron chi connectivity index (χ2n) is 6.68. The predicted octanol–water partition coefficient (Wildman–Crippen LogP) is 4.13. The highest BCUT2D eigenvalue weighted by Gasteiger charge is 2.29. The number of rotatable bonds is 5. The van der Waals surface area contributed by atoms with E-state index in [-0.39, 0.29) is 24.2 Å². The van der Waals surface area contributed by atoms with Crippen LogP contribution in [0.2, 0.25) is 0 Å². The van der Waals surface area contributed by atoms with Gasteiger partial charge in [0.25, 0.3) is 0 Å². The summed E-state index contributed by atoms with van der Waals surface area (Å²) in [7, 11) is 0. The van der Waals surface area contributed by atoms with E-state index >= 15 is 0 Å². The van der Waals surface area contributed by atoms with Gasteiger partial charge in [-0.2, -0.15) is 0 Å². The second-order valence-corrected chi connectivity index (χ2v) is 6.68. The van der Waals surface area contributed by atoms with Crippen LogP contribution >= 0.6 is 12.4 Å². The van der Waals surface area contributed by atoms with Crippen molar-refractivity contribution in [1.29, 1.82) is 0 Å². The first-order chi connectivity index (χ1) is 11.2. The van der Waals surface area contributed by atoms with Crippen molar-refractivity contribution in [2.24, 2.45) is 11.7 Å². The van der Waals surface area contributed by atoms with E-state index in [1.807, 2.05) is 6.92 Å².